The van der Waals surface area contributed by atoms with Crippen molar-refractivity contribution in [2.24, 2.45) is 0 Å². The molecule has 1 aromatic carbocycles. The molecule has 20 heavy (non-hydrogen) atoms. The summed E-state index contributed by atoms with van der Waals surface area (Å²) in [5, 5.41) is 0. The van der Waals surface area contributed by atoms with Crippen molar-refractivity contribution in [1.29, 1.82) is 0 Å². The van der Waals surface area contributed by atoms with E-state index in [4.69, 9.17) is 15.2 Å². The summed E-state index contributed by atoms with van der Waals surface area (Å²) in [7, 11) is 5.25. The van der Waals surface area contributed by atoms with Gasteiger partial charge in [0.2, 0.25) is 0 Å². The van der Waals surface area contributed by atoms with Crippen LogP contribution in [0.3, 0.4) is 0 Å². The molecular weight excluding hydrogens is 254 g/mol. The lowest BCUT2D eigenvalue weighted by Crippen LogP contribution is -2.17. The molecular formula is C15H19N3O2. The van der Waals surface area contributed by atoms with Crippen LogP contribution in [0.1, 0.15) is 5.56 Å². The van der Waals surface area contributed by atoms with E-state index in [-0.39, 0.29) is 0 Å². The second-order valence-electron chi connectivity index (χ2n) is 4.48. The van der Waals surface area contributed by atoms with Crippen LogP contribution < -0.4 is 20.1 Å². The van der Waals surface area contributed by atoms with Gasteiger partial charge >= 0.3 is 0 Å². The van der Waals surface area contributed by atoms with Gasteiger partial charge in [-0.3, -0.25) is 4.98 Å². The molecule has 0 radical (unpaired) electrons. The zero-order valence-corrected chi connectivity index (χ0v) is 12.0. The Morgan fingerprint density at radius 1 is 1.15 bits per heavy atom. The van der Waals surface area contributed by atoms with E-state index in [1.54, 1.807) is 26.6 Å². The molecule has 0 aliphatic heterocycles. The van der Waals surface area contributed by atoms with Crippen LogP contribution in [0, 0.1) is 0 Å². The lowest BCUT2D eigenvalue weighted by molar-refractivity contribution is 0.354. The van der Waals surface area contributed by atoms with Gasteiger partial charge < -0.3 is 20.1 Å². The monoisotopic (exact) mass is 273 g/mol. The van der Waals surface area contributed by atoms with E-state index in [0.29, 0.717) is 12.2 Å². The van der Waals surface area contributed by atoms with Crippen LogP contribution in [-0.2, 0) is 6.54 Å². The van der Waals surface area contributed by atoms with E-state index in [2.05, 4.69) is 9.88 Å². The molecule has 5 heteroatoms. The Hall–Kier alpha value is -2.43. The number of nitrogen functional groups attached to an aromatic ring is 1. The number of hydrogen-bond acceptors (Lipinski definition) is 5. The van der Waals surface area contributed by atoms with E-state index < -0.39 is 0 Å². The summed E-state index contributed by atoms with van der Waals surface area (Å²) in [5.41, 5.74) is 8.66. The summed E-state index contributed by atoms with van der Waals surface area (Å²) in [6.07, 6.45) is 3.39. The van der Waals surface area contributed by atoms with Crippen LogP contribution in [0.5, 0.6) is 11.5 Å². The smallest absolute Gasteiger partial charge is 0.161 e. The first kappa shape index (κ1) is 14.0. The predicted octanol–water partition coefficient (Wildman–Crippen LogP) is 2.32. The number of pyridine rings is 1. The number of benzene rings is 1. The van der Waals surface area contributed by atoms with E-state index >= 15 is 0 Å². The fourth-order valence-corrected chi connectivity index (χ4v) is 2.08. The zero-order chi connectivity index (χ0) is 14.5. The van der Waals surface area contributed by atoms with Gasteiger partial charge in [0.05, 0.1) is 31.8 Å². The van der Waals surface area contributed by atoms with Gasteiger partial charge in [0.1, 0.15) is 0 Å². The van der Waals surface area contributed by atoms with Crippen molar-refractivity contribution in [3.8, 4) is 11.5 Å². The van der Waals surface area contributed by atoms with Crippen molar-refractivity contribution in [2.75, 3.05) is 31.9 Å². The number of anilines is 2. The molecule has 0 atom stereocenters. The molecule has 0 bridgehead atoms. The highest BCUT2D eigenvalue weighted by Crippen LogP contribution is 2.29. The number of methoxy groups -OCH3 is 2. The van der Waals surface area contributed by atoms with Crippen molar-refractivity contribution < 1.29 is 9.47 Å². The van der Waals surface area contributed by atoms with E-state index in [1.807, 2.05) is 31.3 Å². The van der Waals surface area contributed by atoms with Crippen molar-refractivity contribution in [3.63, 3.8) is 0 Å². The summed E-state index contributed by atoms with van der Waals surface area (Å²) in [5.74, 6) is 1.45. The van der Waals surface area contributed by atoms with Crippen molar-refractivity contribution in [3.05, 3.63) is 42.2 Å². The van der Waals surface area contributed by atoms with Crippen molar-refractivity contribution in [2.45, 2.75) is 6.54 Å². The summed E-state index contributed by atoms with van der Waals surface area (Å²) >= 11 is 0. The van der Waals surface area contributed by atoms with Crippen LogP contribution in [0.2, 0.25) is 0 Å². The normalized spacial score (nSPS) is 10.2. The molecule has 2 N–H and O–H groups in total. The first-order valence-corrected chi connectivity index (χ1v) is 6.27. The average molecular weight is 273 g/mol. The fourth-order valence-electron chi connectivity index (χ4n) is 2.08. The van der Waals surface area contributed by atoms with Crippen molar-refractivity contribution >= 4 is 11.4 Å². The maximum absolute atomic E-state index is 5.93. The summed E-state index contributed by atoms with van der Waals surface area (Å²) < 4.78 is 10.5. The van der Waals surface area contributed by atoms with Gasteiger partial charge in [-0.1, -0.05) is 6.07 Å². The first-order valence-electron chi connectivity index (χ1n) is 6.27. The molecule has 0 aliphatic rings. The Morgan fingerprint density at radius 3 is 2.55 bits per heavy atom. The lowest BCUT2D eigenvalue weighted by Gasteiger charge is -2.21. The van der Waals surface area contributed by atoms with Gasteiger partial charge in [-0.2, -0.15) is 0 Å². The van der Waals surface area contributed by atoms with Crippen molar-refractivity contribution in [1.82, 2.24) is 4.98 Å². The van der Waals surface area contributed by atoms with Crippen LogP contribution in [0.15, 0.2) is 36.7 Å². The molecule has 0 saturated carbocycles. The van der Waals surface area contributed by atoms with Crippen LogP contribution >= 0.6 is 0 Å². The second kappa shape index (κ2) is 6.14. The van der Waals surface area contributed by atoms with E-state index in [9.17, 15) is 0 Å². The molecule has 1 heterocycles. The molecule has 0 aliphatic carbocycles. The fraction of sp³-hybridized carbons (Fsp3) is 0.267. The zero-order valence-electron chi connectivity index (χ0n) is 12.0. The standard InChI is InChI=1S/C15H19N3O2/c1-18(13-6-7-17-9-12(13)16)10-11-4-5-14(19-2)15(8-11)20-3/h4-9H,10,16H2,1-3H3. The highest BCUT2D eigenvalue weighted by atomic mass is 16.5. The molecule has 2 rings (SSSR count). The SMILES string of the molecule is COc1ccc(CN(C)c2ccncc2N)cc1OC. The Morgan fingerprint density at radius 2 is 1.90 bits per heavy atom. The van der Waals surface area contributed by atoms with Gasteiger partial charge in [0, 0.05) is 19.8 Å². The third-order valence-corrected chi connectivity index (χ3v) is 3.11. The lowest BCUT2D eigenvalue weighted by atomic mass is 10.2. The Kier molecular flexibility index (Phi) is 4.30. The number of aromatic nitrogens is 1. The van der Waals surface area contributed by atoms with E-state index in [1.165, 1.54) is 0 Å². The topological polar surface area (TPSA) is 60.6 Å². The van der Waals surface area contributed by atoms with Gasteiger partial charge in [0.15, 0.2) is 11.5 Å². The predicted molar refractivity (Wildman–Crippen MR) is 80.3 cm³/mol. The third kappa shape index (κ3) is 2.93. The van der Waals surface area contributed by atoms with Gasteiger partial charge in [-0.05, 0) is 23.8 Å². The molecule has 106 valence electrons. The summed E-state index contributed by atoms with van der Waals surface area (Å²) in [4.78, 5) is 6.06. The number of nitrogens with two attached hydrogens (primary N) is 1. The summed E-state index contributed by atoms with van der Waals surface area (Å²) in [6.45, 7) is 0.717. The average Bonchev–Trinajstić information content (AvgIpc) is 2.47. The Bertz CT molecular complexity index is 587. The highest BCUT2D eigenvalue weighted by Gasteiger charge is 2.09. The summed E-state index contributed by atoms with van der Waals surface area (Å²) in [6, 6.07) is 7.77. The van der Waals surface area contributed by atoms with Crippen LogP contribution in [-0.4, -0.2) is 26.3 Å². The number of rotatable bonds is 5. The number of nitrogens with zero attached hydrogens (tertiary/aromatic N) is 2. The number of hydrogen-bond donors (Lipinski definition) is 1. The van der Waals surface area contributed by atoms with E-state index in [0.717, 1.165) is 22.7 Å². The minimum atomic E-state index is 0.662. The maximum atomic E-state index is 5.93. The van der Waals surface area contributed by atoms with Crippen LogP contribution in [0.25, 0.3) is 0 Å². The minimum Gasteiger partial charge on any atom is -0.493 e. The third-order valence-electron chi connectivity index (χ3n) is 3.11. The minimum absolute atomic E-state index is 0.662. The molecule has 1 aromatic heterocycles. The van der Waals surface area contributed by atoms with Gasteiger partial charge in [-0.15, -0.1) is 0 Å². The molecule has 5 nitrogen and oxygen atoms in total. The molecule has 0 spiro atoms. The van der Waals surface area contributed by atoms with Gasteiger partial charge in [0.25, 0.3) is 0 Å². The molecule has 0 saturated heterocycles. The van der Waals surface area contributed by atoms with Crippen LogP contribution in [0.4, 0.5) is 11.4 Å². The number of ether oxygens (including phenoxy) is 2. The largest absolute Gasteiger partial charge is 0.493 e. The van der Waals surface area contributed by atoms with Gasteiger partial charge in [-0.25, -0.2) is 0 Å². The maximum Gasteiger partial charge on any atom is 0.161 e. The molecule has 2 aromatic rings. The molecule has 0 fully saturated rings. The second-order valence-corrected chi connectivity index (χ2v) is 4.48. The Labute approximate surface area is 118 Å². The molecule has 0 unspecified atom stereocenters. The first-order chi connectivity index (χ1) is 9.65. The Balaban J connectivity index is 2.20. The quantitative estimate of drug-likeness (QED) is 0.906. The molecule has 0 amide bonds. The highest BCUT2D eigenvalue weighted by molar-refractivity contribution is 5.65.